The van der Waals surface area contributed by atoms with Crippen LogP contribution in [0.25, 0.3) is 0 Å². The van der Waals surface area contributed by atoms with Crippen molar-refractivity contribution in [2.45, 2.75) is 47.7 Å². The minimum atomic E-state index is -4.30. The topological polar surface area (TPSA) is 29.1 Å². The lowest BCUT2D eigenvalue weighted by Gasteiger charge is -2.33. The third-order valence-corrected chi connectivity index (χ3v) is 2.59. The van der Waals surface area contributed by atoms with Crippen LogP contribution in [0.4, 0.5) is 13.2 Å². The van der Waals surface area contributed by atoms with E-state index in [2.05, 4.69) is 5.32 Å². The summed E-state index contributed by atoms with van der Waals surface area (Å²) in [6, 6.07) is 0. The van der Waals surface area contributed by atoms with Crippen molar-refractivity contribution in [1.82, 2.24) is 5.32 Å². The van der Waals surface area contributed by atoms with Crippen LogP contribution in [-0.4, -0.2) is 18.6 Å². The Morgan fingerprint density at radius 3 is 1.71 bits per heavy atom. The van der Waals surface area contributed by atoms with Gasteiger partial charge in [0.1, 0.15) is 0 Å². The summed E-state index contributed by atoms with van der Waals surface area (Å²) in [6.07, 6.45) is -4.30. The van der Waals surface area contributed by atoms with Gasteiger partial charge in [-0.2, -0.15) is 13.2 Å². The molecule has 0 fully saturated rings. The minimum absolute atomic E-state index is 0.365. The zero-order valence-corrected chi connectivity index (χ0v) is 11.3. The van der Waals surface area contributed by atoms with Gasteiger partial charge in [0, 0.05) is 12.0 Å². The van der Waals surface area contributed by atoms with Gasteiger partial charge in [0.2, 0.25) is 5.91 Å². The molecule has 1 amide bonds. The lowest BCUT2D eigenvalue weighted by Crippen LogP contribution is -2.46. The molecule has 0 aromatic heterocycles. The SMILES string of the molecule is CC(C)(C)C(=O)NCC(C(C)(C)C)C(F)(F)F. The highest BCUT2D eigenvalue weighted by molar-refractivity contribution is 5.81. The van der Waals surface area contributed by atoms with Crippen molar-refractivity contribution in [3.63, 3.8) is 0 Å². The first-order valence-electron chi connectivity index (χ1n) is 5.61. The van der Waals surface area contributed by atoms with Crippen molar-refractivity contribution in [1.29, 1.82) is 0 Å². The van der Waals surface area contributed by atoms with Gasteiger partial charge < -0.3 is 5.32 Å². The molecule has 17 heavy (non-hydrogen) atoms. The largest absolute Gasteiger partial charge is 0.393 e. The van der Waals surface area contributed by atoms with Crippen molar-refractivity contribution in [3.05, 3.63) is 0 Å². The van der Waals surface area contributed by atoms with E-state index >= 15 is 0 Å². The first kappa shape index (κ1) is 16.3. The Morgan fingerprint density at radius 1 is 1.06 bits per heavy atom. The molecule has 0 aromatic rings. The molecule has 5 heteroatoms. The Labute approximate surface area is 101 Å². The van der Waals surface area contributed by atoms with Gasteiger partial charge in [-0.1, -0.05) is 41.5 Å². The van der Waals surface area contributed by atoms with E-state index in [9.17, 15) is 18.0 Å². The van der Waals surface area contributed by atoms with Crippen LogP contribution in [0.1, 0.15) is 41.5 Å². The Balaban J connectivity index is 4.67. The number of carbonyl (C=O) groups excluding carboxylic acids is 1. The van der Waals surface area contributed by atoms with Crippen LogP contribution >= 0.6 is 0 Å². The van der Waals surface area contributed by atoms with Crippen molar-refractivity contribution in [2.24, 2.45) is 16.7 Å². The maximum absolute atomic E-state index is 12.8. The van der Waals surface area contributed by atoms with Crippen LogP contribution < -0.4 is 5.32 Å². The van der Waals surface area contributed by atoms with Gasteiger partial charge in [-0.25, -0.2) is 0 Å². The second-order valence-corrected chi connectivity index (χ2v) is 6.42. The molecule has 0 radical (unpaired) electrons. The van der Waals surface area contributed by atoms with Crippen LogP contribution in [0.5, 0.6) is 0 Å². The van der Waals surface area contributed by atoms with Crippen molar-refractivity contribution >= 4 is 5.91 Å². The van der Waals surface area contributed by atoms with E-state index < -0.39 is 22.9 Å². The zero-order valence-electron chi connectivity index (χ0n) is 11.3. The molecule has 0 rings (SSSR count). The van der Waals surface area contributed by atoms with Crippen molar-refractivity contribution < 1.29 is 18.0 Å². The number of amides is 1. The lowest BCUT2D eigenvalue weighted by atomic mass is 9.80. The van der Waals surface area contributed by atoms with Crippen molar-refractivity contribution in [2.75, 3.05) is 6.54 Å². The molecule has 0 heterocycles. The zero-order chi connectivity index (χ0) is 14.1. The highest BCUT2D eigenvalue weighted by Crippen LogP contribution is 2.39. The average molecular weight is 253 g/mol. The molecule has 0 aromatic carbocycles. The fourth-order valence-electron chi connectivity index (χ4n) is 1.37. The molecule has 102 valence electrons. The number of rotatable bonds is 2. The van der Waals surface area contributed by atoms with Gasteiger partial charge >= 0.3 is 6.18 Å². The van der Waals surface area contributed by atoms with Gasteiger partial charge in [0.15, 0.2) is 0 Å². The third kappa shape index (κ3) is 5.41. The monoisotopic (exact) mass is 253 g/mol. The molecule has 0 bridgehead atoms. The summed E-state index contributed by atoms with van der Waals surface area (Å²) in [6.45, 7) is 9.20. The fourth-order valence-corrected chi connectivity index (χ4v) is 1.37. The van der Waals surface area contributed by atoms with Crippen LogP contribution in [0, 0.1) is 16.7 Å². The second kappa shape index (κ2) is 4.86. The Morgan fingerprint density at radius 2 is 1.47 bits per heavy atom. The predicted octanol–water partition coefficient (Wildman–Crippen LogP) is 3.37. The Kier molecular flexibility index (Phi) is 4.65. The highest BCUT2D eigenvalue weighted by atomic mass is 19.4. The van der Waals surface area contributed by atoms with Gasteiger partial charge in [-0.3, -0.25) is 4.79 Å². The molecule has 0 saturated carbocycles. The summed E-state index contributed by atoms with van der Waals surface area (Å²) in [7, 11) is 0. The standard InChI is InChI=1S/C12H22F3NO/c1-10(2,3)8(12(13,14)15)7-16-9(17)11(4,5)6/h8H,7H2,1-6H3,(H,16,17). The van der Waals surface area contributed by atoms with E-state index in [1.165, 1.54) is 20.8 Å². The number of nitrogens with one attached hydrogen (secondary N) is 1. The van der Waals surface area contributed by atoms with Crippen LogP contribution in [0.15, 0.2) is 0 Å². The number of hydrogen-bond donors (Lipinski definition) is 1. The Hall–Kier alpha value is -0.740. The van der Waals surface area contributed by atoms with Gasteiger partial charge in [0.05, 0.1) is 5.92 Å². The normalized spacial score (nSPS) is 15.6. The van der Waals surface area contributed by atoms with Crippen LogP contribution in [-0.2, 0) is 4.79 Å². The summed E-state index contributed by atoms with van der Waals surface area (Å²) in [5.74, 6) is -1.91. The lowest BCUT2D eigenvalue weighted by molar-refractivity contribution is -0.198. The van der Waals surface area contributed by atoms with E-state index in [1.54, 1.807) is 20.8 Å². The van der Waals surface area contributed by atoms with Crippen molar-refractivity contribution in [3.8, 4) is 0 Å². The molecule has 0 aliphatic carbocycles. The van der Waals surface area contributed by atoms with E-state index in [0.717, 1.165) is 0 Å². The van der Waals surface area contributed by atoms with E-state index in [-0.39, 0.29) is 12.5 Å². The molecular weight excluding hydrogens is 231 g/mol. The number of halogens is 3. The third-order valence-electron chi connectivity index (χ3n) is 2.59. The number of carbonyl (C=O) groups is 1. The molecule has 1 atom stereocenters. The molecule has 0 aliphatic heterocycles. The molecule has 0 aliphatic rings. The molecule has 2 nitrogen and oxygen atoms in total. The summed E-state index contributed by atoms with van der Waals surface area (Å²) >= 11 is 0. The maximum atomic E-state index is 12.8. The molecule has 1 N–H and O–H groups in total. The minimum Gasteiger partial charge on any atom is -0.355 e. The fraction of sp³-hybridized carbons (Fsp3) is 0.917. The summed E-state index contributed by atoms with van der Waals surface area (Å²) in [5.41, 5.74) is -1.60. The summed E-state index contributed by atoms with van der Waals surface area (Å²) < 4.78 is 38.4. The van der Waals surface area contributed by atoms with Crippen LogP contribution in [0.3, 0.4) is 0 Å². The van der Waals surface area contributed by atoms with Gasteiger partial charge in [-0.15, -0.1) is 0 Å². The number of alkyl halides is 3. The first-order valence-corrected chi connectivity index (χ1v) is 5.61. The van der Waals surface area contributed by atoms with Gasteiger partial charge in [0.25, 0.3) is 0 Å². The van der Waals surface area contributed by atoms with Crippen LogP contribution in [0.2, 0.25) is 0 Å². The number of hydrogen-bond acceptors (Lipinski definition) is 1. The Bertz CT molecular complexity index is 257. The maximum Gasteiger partial charge on any atom is 0.393 e. The summed E-state index contributed by atoms with van der Waals surface area (Å²) in [4.78, 5) is 11.5. The quantitative estimate of drug-likeness (QED) is 0.803. The van der Waals surface area contributed by atoms with E-state index in [4.69, 9.17) is 0 Å². The van der Waals surface area contributed by atoms with E-state index in [1.807, 2.05) is 0 Å². The molecule has 0 spiro atoms. The summed E-state index contributed by atoms with van der Waals surface area (Å²) in [5, 5.41) is 2.38. The smallest absolute Gasteiger partial charge is 0.355 e. The molecule has 0 saturated heterocycles. The second-order valence-electron chi connectivity index (χ2n) is 6.42. The van der Waals surface area contributed by atoms with E-state index in [0.29, 0.717) is 0 Å². The van der Waals surface area contributed by atoms with Gasteiger partial charge in [-0.05, 0) is 5.41 Å². The molecular formula is C12H22F3NO. The first-order chi connectivity index (χ1) is 7.26. The predicted molar refractivity (Wildman–Crippen MR) is 61.5 cm³/mol. The molecule has 1 unspecified atom stereocenters. The average Bonchev–Trinajstić information content (AvgIpc) is 1.96. The highest BCUT2D eigenvalue weighted by Gasteiger charge is 2.46.